The van der Waals surface area contributed by atoms with E-state index in [0.29, 0.717) is 64.8 Å². The first-order valence-electron chi connectivity index (χ1n) is 24.9. The molecule has 5 aliphatic rings. The molecule has 17 heteroatoms. The van der Waals surface area contributed by atoms with Gasteiger partial charge in [-0.2, -0.15) is 0 Å². The summed E-state index contributed by atoms with van der Waals surface area (Å²) in [6.07, 6.45) is 2.48. The molecule has 6 heterocycles. The van der Waals surface area contributed by atoms with E-state index in [-0.39, 0.29) is 66.2 Å². The Morgan fingerprint density at radius 1 is 0.932 bits per heavy atom. The summed E-state index contributed by atoms with van der Waals surface area (Å²) in [5.41, 5.74) is 7.13. The molecule has 2 atom stereocenters. The van der Waals surface area contributed by atoms with E-state index in [2.05, 4.69) is 28.4 Å². The number of carbonyl (C=O) groups excluding carboxylic acids is 3. The summed E-state index contributed by atoms with van der Waals surface area (Å²) in [7, 11) is 3.63. The van der Waals surface area contributed by atoms with Gasteiger partial charge in [0.25, 0.3) is 11.5 Å². The van der Waals surface area contributed by atoms with Gasteiger partial charge in [0.15, 0.2) is 5.60 Å². The molecule has 0 bridgehead atoms. The Morgan fingerprint density at radius 3 is 2.44 bits per heavy atom. The number of aromatic nitrogens is 2. The summed E-state index contributed by atoms with van der Waals surface area (Å²) < 4.78 is 28.0. The second kappa shape index (κ2) is 19.1. The number of aryl methyl sites for hydroxylation is 1. The number of pyridine rings is 2. The number of likely N-dealkylation sites (tertiary alicyclic amines) is 1. The Morgan fingerprint density at radius 2 is 1.68 bits per heavy atom. The van der Waals surface area contributed by atoms with Crippen LogP contribution in [0, 0.1) is 12.7 Å². The molecule has 4 N–H and O–H groups in total. The summed E-state index contributed by atoms with van der Waals surface area (Å²) in [6.45, 7) is 10.9. The molecule has 2 amide bonds. The van der Waals surface area contributed by atoms with Crippen LogP contribution in [0.3, 0.4) is 0 Å². The summed E-state index contributed by atoms with van der Waals surface area (Å²) in [4.78, 5) is 64.1. The molecule has 4 aromatic carbocycles. The molecule has 0 saturated carbocycles. The number of nitrogens with one attached hydrogen (secondary N) is 1. The number of hydrogen-bond acceptors (Lipinski definition) is 13. The van der Waals surface area contributed by atoms with Gasteiger partial charge in [0.05, 0.1) is 40.6 Å². The molecule has 14 nitrogen and oxygen atoms in total. The number of aliphatic hydroxyl groups is 1. The van der Waals surface area contributed by atoms with E-state index in [4.69, 9.17) is 14.5 Å². The van der Waals surface area contributed by atoms with Crippen LogP contribution in [0.1, 0.15) is 130 Å². The standard InChI is InChI=1S/C56H56FN5O9S2/c1-5-56(69)42-20-46-51-40(26-62(46)53(66)41(42)28-70-54(56)67)50-44(13-12-37-30(4)43(57)21-45(58-51)49(37)50)59-55(68)71-27-31-7-10-35(11-8-31)72-73-36-14-16-60(17-15-36)23-32-6-9-33-24-61(25-34(33)18-32)52(65)39-19-38(29(2)3)47(63)22-48(39)64/h6-11,18-22,29,36,44,63-64,69H,5,12-17,23-28H2,1-4H3,(H,59,68)/t44-,56-/m0/s1. The van der Waals surface area contributed by atoms with Crippen molar-refractivity contribution in [1.82, 2.24) is 24.7 Å². The van der Waals surface area contributed by atoms with E-state index in [1.165, 1.54) is 17.7 Å². The van der Waals surface area contributed by atoms with Crippen LogP contribution in [0.25, 0.3) is 22.3 Å². The largest absolute Gasteiger partial charge is 0.508 e. The summed E-state index contributed by atoms with van der Waals surface area (Å²) in [5.74, 6) is -1.68. The van der Waals surface area contributed by atoms with Crippen LogP contribution >= 0.6 is 21.6 Å². The lowest BCUT2D eigenvalue weighted by Crippen LogP contribution is -2.44. The highest BCUT2D eigenvalue weighted by Crippen LogP contribution is 2.46. The van der Waals surface area contributed by atoms with E-state index >= 15 is 4.39 Å². The molecule has 6 aromatic rings. The molecule has 1 saturated heterocycles. The van der Waals surface area contributed by atoms with Crippen molar-refractivity contribution in [2.75, 3.05) is 13.1 Å². The number of ether oxygens (including phenoxy) is 2. The number of esters is 1. The van der Waals surface area contributed by atoms with Crippen molar-refractivity contribution in [3.8, 4) is 22.9 Å². The van der Waals surface area contributed by atoms with E-state index < -0.39 is 35.1 Å². The number of alkyl carbamates (subject to hydrolysis) is 1. The van der Waals surface area contributed by atoms with Crippen LogP contribution in [0.2, 0.25) is 0 Å². The summed E-state index contributed by atoms with van der Waals surface area (Å²) in [5, 5.41) is 36.5. The van der Waals surface area contributed by atoms with Crippen molar-refractivity contribution in [3.05, 3.63) is 150 Å². The Labute approximate surface area is 429 Å². The molecule has 0 radical (unpaired) electrons. The topological polar surface area (TPSA) is 184 Å². The third kappa shape index (κ3) is 8.80. The zero-order chi connectivity index (χ0) is 51.0. The van der Waals surface area contributed by atoms with E-state index in [1.54, 1.807) is 46.2 Å². The smallest absolute Gasteiger partial charge is 0.407 e. The zero-order valence-corrected chi connectivity index (χ0v) is 42.7. The van der Waals surface area contributed by atoms with Gasteiger partial charge in [-0.25, -0.2) is 19.0 Å². The van der Waals surface area contributed by atoms with Crippen LogP contribution in [-0.4, -0.2) is 71.0 Å². The van der Waals surface area contributed by atoms with Crippen LogP contribution < -0.4 is 10.9 Å². The molecule has 378 valence electrons. The lowest BCUT2D eigenvalue weighted by atomic mass is 9.81. The first-order valence-corrected chi connectivity index (χ1v) is 27.1. The monoisotopic (exact) mass is 1030 g/mol. The Hall–Kier alpha value is -6.40. The number of hydrogen-bond donors (Lipinski definition) is 4. The van der Waals surface area contributed by atoms with Crippen LogP contribution in [-0.2, 0) is 65.7 Å². The maximum absolute atomic E-state index is 15.4. The third-order valence-electron chi connectivity index (χ3n) is 15.5. The van der Waals surface area contributed by atoms with Crippen molar-refractivity contribution in [2.45, 2.75) is 127 Å². The number of benzene rings is 4. The number of phenolic OH excluding ortho intramolecular Hbond substituents is 2. The minimum Gasteiger partial charge on any atom is -0.508 e. The number of fused-ring (bicyclic) bond motifs is 6. The Bertz CT molecular complexity index is 3340. The number of halogens is 1. The highest BCUT2D eigenvalue weighted by molar-refractivity contribution is 8.76. The second-order valence-electron chi connectivity index (χ2n) is 20.3. The van der Waals surface area contributed by atoms with Gasteiger partial charge in [0.2, 0.25) is 0 Å². The van der Waals surface area contributed by atoms with Gasteiger partial charge in [-0.05, 0) is 127 Å². The molecule has 1 aliphatic carbocycles. The highest BCUT2D eigenvalue weighted by atomic mass is 33.1. The highest BCUT2D eigenvalue weighted by Gasteiger charge is 2.46. The van der Waals surface area contributed by atoms with E-state index in [0.717, 1.165) is 70.6 Å². The molecule has 2 aromatic heterocycles. The molecule has 4 aliphatic heterocycles. The fraction of sp³-hybridized carbons (Fsp3) is 0.375. The van der Waals surface area contributed by atoms with Gasteiger partial charge in [-0.15, -0.1) is 0 Å². The van der Waals surface area contributed by atoms with Crippen molar-refractivity contribution in [1.29, 1.82) is 0 Å². The quantitative estimate of drug-likeness (QED) is 0.0711. The minimum atomic E-state index is -1.99. The van der Waals surface area contributed by atoms with Crippen molar-refractivity contribution in [3.63, 3.8) is 0 Å². The average Bonchev–Trinajstić information content (AvgIpc) is 3.98. The lowest BCUT2D eigenvalue weighted by molar-refractivity contribution is -0.172. The molecule has 11 rings (SSSR count). The SMILES string of the molecule is CC[C@@]1(O)C(=O)OCc2c1cc1n(c2=O)Cc2c-1nc1cc(F)c(C)c3c1c2[C@@H](NC(=O)OCc1ccc(SSC2CCN(Cc4ccc5c(c4)CN(C(=O)c4cc(C(C)C)c(O)cc4O)C5)CC2)cc1)CC3. The van der Waals surface area contributed by atoms with Crippen LogP contribution in [0.4, 0.5) is 9.18 Å². The molecule has 73 heavy (non-hydrogen) atoms. The number of phenols is 2. The van der Waals surface area contributed by atoms with Gasteiger partial charge in [-0.3, -0.25) is 14.5 Å². The van der Waals surface area contributed by atoms with Gasteiger partial charge in [0.1, 0.15) is 30.5 Å². The number of nitrogens with zero attached hydrogens (tertiary/aromatic N) is 4. The molecular formula is C56H56FN5O9S2. The predicted molar refractivity (Wildman–Crippen MR) is 276 cm³/mol. The van der Waals surface area contributed by atoms with Crippen molar-refractivity contribution < 1.29 is 43.6 Å². The number of aromatic hydroxyl groups is 2. The fourth-order valence-electron chi connectivity index (χ4n) is 11.3. The van der Waals surface area contributed by atoms with Crippen LogP contribution in [0.15, 0.2) is 76.4 Å². The number of cyclic esters (lactones) is 1. The molecule has 0 spiro atoms. The third-order valence-corrected chi connectivity index (χ3v) is 18.4. The van der Waals surface area contributed by atoms with Gasteiger partial charge in [-0.1, -0.05) is 72.7 Å². The van der Waals surface area contributed by atoms with Gasteiger partial charge in [0, 0.05) is 58.4 Å². The number of piperidine rings is 1. The van der Waals surface area contributed by atoms with Crippen LogP contribution in [0.5, 0.6) is 11.5 Å². The van der Waals surface area contributed by atoms with Crippen molar-refractivity contribution >= 4 is 50.5 Å². The van der Waals surface area contributed by atoms with E-state index in [9.17, 15) is 34.5 Å². The normalized spacial score (nSPS) is 19.1. The number of rotatable bonds is 11. The first kappa shape index (κ1) is 48.8. The van der Waals surface area contributed by atoms with E-state index in [1.807, 2.05) is 48.9 Å². The minimum absolute atomic E-state index is 0.00297. The first-order chi connectivity index (χ1) is 35.1. The van der Waals surface area contributed by atoms with Crippen molar-refractivity contribution in [2.24, 2.45) is 0 Å². The maximum atomic E-state index is 15.4. The number of amides is 2. The fourth-order valence-corrected chi connectivity index (χ4v) is 13.9. The Kier molecular flexibility index (Phi) is 12.8. The maximum Gasteiger partial charge on any atom is 0.407 e. The Balaban J connectivity index is 0.682. The average molecular weight is 1030 g/mol. The second-order valence-corrected chi connectivity index (χ2v) is 22.8. The molecule has 0 unspecified atom stereocenters. The summed E-state index contributed by atoms with van der Waals surface area (Å²) >= 11 is 0. The summed E-state index contributed by atoms with van der Waals surface area (Å²) in [6, 6.07) is 19.8. The van der Waals surface area contributed by atoms with Gasteiger partial charge < -0.3 is 39.6 Å². The predicted octanol–water partition coefficient (Wildman–Crippen LogP) is 9.54. The van der Waals surface area contributed by atoms with Gasteiger partial charge >= 0.3 is 12.1 Å². The zero-order valence-electron chi connectivity index (χ0n) is 41.0. The molecular weight excluding hydrogens is 970 g/mol. The lowest BCUT2D eigenvalue weighted by Gasteiger charge is -2.31. The molecule has 1 fully saturated rings. The number of carbonyl (C=O) groups is 3.